The van der Waals surface area contributed by atoms with Crippen molar-refractivity contribution in [3.63, 3.8) is 0 Å². The molecule has 2 N–H and O–H groups in total. The summed E-state index contributed by atoms with van der Waals surface area (Å²) in [5.41, 5.74) is 6.84. The summed E-state index contributed by atoms with van der Waals surface area (Å²) < 4.78 is 13.7. The summed E-state index contributed by atoms with van der Waals surface area (Å²) >= 11 is 3.23. The van der Waals surface area contributed by atoms with Gasteiger partial charge in [-0.25, -0.2) is 4.39 Å². The quantitative estimate of drug-likeness (QED) is 0.930. The Labute approximate surface area is 110 Å². The van der Waals surface area contributed by atoms with Gasteiger partial charge < -0.3 is 5.73 Å². The fourth-order valence-corrected chi connectivity index (χ4v) is 2.79. The lowest BCUT2D eigenvalue weighted by Gasteiger charge is -2.25. The van der Waals surface area contributed by atoms with Crippen molar-refractivity contribution in [1.29, 1.82) is 0 Å². The Morgan fingerprint density at radius 1 is 1.59 bits per heavy atom. The van der Waals surface area contributed by atoms with Crippen LogP contribution in [0, 0.1) is 11.7 Å². The molecule has 0 radical (unpaired) electrons. The molecule has 1 heterocycles. The number of hydrogen-bond donors (Lipinski definition) is 1. The number of nitrogens with two attached hydrogens (primary N) is 1. The molecule has 1 aliphatic heterocycles. The number of nitrogens with zero attached hydrogens (tertiary/aromatic N) is 1. The smallest absolute Gasteiger partial charge is 0.137 e. The molecule has 94 valence electrons. The van der Waals surface area contributed by atoms with E-state index in [0.717, 1.165) is 25.2 Å². The normalized spacial score (nSPS) is 22.9. The minimum Gasteiger partial charge on any atom is -0.330 e. The van der Waals surface area contributed by atoms with Crippen molar-refractivity contribution in [2.24, 2.45) is 11.7 Å². The number of halogens is 2. The van der Waals surface area contributed by atoms with Crippen molar-refractivity contribution in [2.45, 2.75) is 19.4 Å². The summed E-state index contributed by atoms with van der Waals surface area (Å²) in [7, 11) is 0. The van der Waals surface area contributed by atoms with Crippen LogP contribution in [0.3, 0.4) is 0 Å². The van der Waals surface area contributed by atoms with Gasteiger partial charge >= 0.3 is 0 Å². The molecular formula is C13H18BrFN2. The summed E-state index contributed by atoms with van der Waals surface area (Å²) in [5.74, 6) is 0.406. The molecule has 1 aromatic carbocycles. The molecule has 2 atom stereocenters. The average Bonchev–Trinajstić information content (AvgIpc) is 2.80. The summed E-state index contributed by atoms with van der Waals surface area (Å²) in [4.78, 5) is 2.41. The van der Waals surface area contributed by atoms with Crippen LogP contribution in [0.25, 0.3) is 0 Å². The lowest BCUT2D eigenvalue weighted by atomic mass is 10.1. The van der Waals surface area contributed by atoms with E-state index in [0.29, 0.717) is 16.4 Å². The molecule has 1 saturated heterocycles. The Bertz CT molecular complexity index is 397. The first-order valence-corrected chi connectivity index (χ1v) is 6.80. The van der Waals surface area contributed by atoms with E-state index in [4.69, 9.17) is 5.73 Å². The zero-order chi connectivity index (χ0) is 12.4. The summed E-state index contributed by atoms with van der Waals surface area (Å²) in [5, 5.41) is 0. The summed E-state index contributed by atoms with van der Waals surface area (Å²) in [6.07, 6.45) is 1.17. The summed E-state index contributed by atoms with van der Waals surface area (Å²) in [6, 6.07) is 5.58. The van der Waals surface area contributed by atoms with E-state index in [-0.39, 0.29) is 5.82 Å². The second-order valence-electron chi connectivity index (χ2n) is 4.73. The first-order chi connectivity index (χ1) is 8.11. The zero-order valence-corrected chi connectivity index (χ0v) is 11.6. The molecule has 0 saturated carbocycles. The first kappa shape index (κ1) is 13.0. The van der Waals surface area contributed by atoms with Crippen LogP contribution in [0.2, 0.25) is 0 Å². The maximum Gasteiger partial charge on any atom is 0.137 e. The monoisotopic (exact) mass is 300 g/mol. The van der Waals surface area contributed by atoms with Crippen LogP contribution in [0.5, 0.6) is 0 Å². The molecule has 4 heteroatoms. The maximum atomic E-state index is 13.2. The standard InChI is InChI=1S/C13H18BrFN2/c1-9(17-5-4-10(7-16)8-17)11-2-3-13(15)12(14)6-11/h2-3,6,9-10H,4-5,7-8,16H2,1H3. The van der Waals surface area contributed by atoms with Gasteiger partial charge in [-0.15, -0.1) is 0 Å². The number of hydrogen-bond acceptors (Lipinski definition) is 2. The third kappa shape index (κ3) is 2.87. The third-order valence-electron chi connectivity index (χ3n) is 3.62. The largest absolute Gasteiger partial charge is 0.330 e. The second kappa shape index (κ2) is 5.46. The van der Waals surface area contributed by atoms with Gasteiger partial charge in [0.15, 0.2) is 0 Å². The molecule has 0 spiro atoms. The first-order valence-electron chi connectivity index (χ1n) is 6.01. The molecule has 2 unspecified atom stereocenters. The van der Waals surface area contributed by atoms with E-state index in [1.807, 2.05) is 12.1 Å². The van der Waals surface area contributed by atoms with E-state index in [9.17, 15) is 4.39 Å². The molecule has 0 bridgehead atoms. The predicted molar refractivity (Wildman–Crippen MR) is 71.2 cm³/mol. The lowest BCUT2D eigenvalue weighted by Crippen LogP contribution is -2.26. The third-order valence-corrected chi connectivity index (χ3v) is 4.23. The molecule has 1 aliphatic rings. The minimum absolute atomic E-state index is 0.206. The molecule has 1 aromatic rings. The molecular weight excluding hydrogens is 283 g/mol. The van der Waals surface area contributed by atoms with Gasteiger partial charge in [-0.3, -0.25) is 4.90 Å². The Balaban J connectivity index is 2.09. The molecule has 2 rings (SSSR count). The van der Waals surface area contributed by atoms with Gasteiger partial charge in [-0.2, -0.15) is 0 Å². The van der Waals surface area contributed by atoms with E-state index >= 15 is 0 Å². The topological polar surface area (TPSA) is 29.3 Å². The molecule has 1 fully saturated rings. The van der Waals surface area contributed by atoms with E-state index in [1.54, 1.807) is 0 Å². The number of rotatable bonds is 3. The van der Waals surface area contributed by atoms with E-state index < -0.39 is 0 Å². The van der Waals surface area contributed by atoms with Gasteiger partial charge in [0.2, 0.25) is 0 Å². The zero-order valence-electron chi connectivity index (χ0n) is 10.00. The Morgan fingerprint density at radius 3 is 2.94 bits per heavy atom. The van der Waals surface area contributed by atoms with Crippen LogP contribution in [0.4, 0.5) is 4.39 Å². The van der Waals surface area contributed by atoms with Gasteiger partial charge in [0.1, 0.15) is 5.82 Å². The van der Waals surface area contributed by atoms with Gasteiger partial charge in [0.25, 0.3) is 0 Å². The highest BCUT2D eigenvalue weighted by Gasteiger charge is 2.25. The van der Waals surface area contributed by atoms with Crippen LogP contribution < -0.4 is 5.73 Å². The predicted octanol–water partition coefficient (Wildman–Crippen LogP) is 2.93. The molecule has 0 aromatic heterocycles. The molecule has 0 aliphatic carbocycles. The van der Waals surface area contributed by atoms with Gasteiger partial charge in [-0.1, -0.05) is 6.07 Å². The van der Waals surface area contributed by atoms with Gasteiger partial charge in [0, 0.05) is 12.6 Å². The Morgan fingerprint density at radius 2 is 2.35 bits per heavy atom. The van der Waals surface area contributed by atoms with Crippen molar-refractivity contribution in [2.75, 3.05) is 19.6 Å². The van der Waals surface area contributed by atoms with Gasteiger partial charge in [-0.05, 0) is 66.0 Å². The van der Waals surface area contributed by atoms with E-state index in [1.165, 1.54) is 12.5 Å². The minimum atomic E-state index is -0.206. The Kier molecular flexibility index (Phi) is 4.17. The SMILES string of the molecule is CC(c1ccc(F)c(Br)c1)N1CCC(CN)C1. The molecule has 2 nitrogen and oxygen atoms in total. The van der Waals surface area contributed by atoms with Crippen molar-refractivity contribution in [3.8, 4) is 0 Å². The van der Waals surface area contributed by atoms with Crippen molar-refractivity contribution < 1.29 is 4.39 Å². The fourth-order valence-electron chi connectivity index (χ4n) is 2.39. The number of benzene rings is 1. The highest BCUT2D eigenvalue weighted by atomic mass is 79.9. The van der Waals surface area contributed by atoms with Crippen molar-refractivity contribution in [3.05, 3.63) is 34.1 Å². The summed E-state index contributed by atoms with van der Waals surface area (Å²) in [6.45, 7) is 5.06. The van der Waals surface area contributed by atoms with Crippen LogP contribution >= 0.6 is 15.9 Å². The van der Waals surface area contributed by atoms with Gasteiger partial charge in [0.05, 0.1) is 4.47 Å². The maximum absolute atomic E-state index is 13.2. The fraction of sp³-hybridized carbons (Fsp3) is 0.538. The van der Waals surface area contributed by atoms with Crippen molar-refractivity contribution >= 4 is 15.9 Å². The van der Waals surface area contributed by atoms with Crippen molar-refractivity contribution in [1.82, 2.24) is 4.90 Å². The highest BCUT2D eigenvalue weighted by molar-refractivity contribution is 9.10. The lowest BCUT2D eigenvalue weighted by molar-refractivity contribution is 0.253. The average molecular weight is 301 g/mol. The Hall–Kier alpha value is -0.450. The van der Waals surface area contributed by atoms with Crippen LogP contribution in [0.15, 0.2) is 22.7 Å². The molecule has 0 amide bonds. The van der Waals surface area contributed by atoms with E-state index in [2.05, 4.69) is 27.8 Å². The number of likely N-dealkylation sites (tertiary alicyclic amines) is 1. The van der Waals surface area contributed by atoms with Crippen LogP contribution in [-0.4, -0.2) is 24.5 Å². The van der Waals surface area contributed by atoms with Crippen LogP contribution in [0.1, 0.15) is 24.9 Å². The van der Waals surface area contributed by atoms with Crippen LogP contribution in [-0.2, 0) is 0 Å². The second-order valence-corrected chi connectivity index (χ2v) is 5.59. The highest BCUT2D eigenvalue weighted by Crippen LogP contribution is 2.29. The molecule has 17 heavy (non-hydrogen) atoms.